The molecule has 1 aliphatic heterocycles. The SMILES string of the molecule is CCNC(=NCC(=O)Nc1ccccc1)N1CCN(Cc2cc(OC)ccc2OC)CC1. The number of hydrogen-bond donors (Lipinski definition) is 2. The lowest BCUT2D eigenvalue weighted by Gasteiger charge is -2.36. The molecule has 1 saturated heterocycles. The molecule has 0 bridgehead atoms. The fourth-order valence-electron chi connectivity index (χ4n) is 3.66. The third kappa shape index (κ3) is 6.62. The molecule has 172 valence electrons. The first-order valence-electron chi connectivity index (χ1n) is 10.9. The molecule has 2 aromatic carbocycles. The van der Waals surface area contributed by atoms with Crippen molar-refractivity contribution < 1.29 is 14.3 Å². The van der Waals surface area contributed by atoms with Crippen molar-refractivity contribution in [2.75, 3.05) is 58.8 Å². The number of methoxy groups -OCH3 is 2. The Morgan fingerprint density at radius 1 is 1.03 bits per heavy atom. The predicted octanol–water partition coefficient (Wildman–Crippen LogP) is 2.43. The molecule has 2 N–H and O–H groups in total. The number of rotatable bonds is 8. The van der Waals surface area contributed by atoms with Crippen LogP contribution in [0.2, 0.25) is 0 Å². The number of aliphatic imine (C=N–C) groups is 1. The van der Waals surface area contributed by atoms with E-state index in [1.54, 1.807) is 14.2 Å². The number of carbonyl (C=O) groups excluding carboxylic acids is 1. The minimum atomic E-state index is -0.129. The van der Waals surface area contributed by atoms with Gasteiger partial charge in [-0.25, -0.2) is 4.99 Å². The average Bonchev–Trinajstić information content (AvgIpc) is 2.83. The van der Waals surface area contributed by atoms with Crippen LogP contribution in [0.15, 0.2) is 53.5 Å². The molecule has 0 radical (unpaired) electrons. The minimum Gasteiger partial charge on any atom is -0.497 e. The van der Waals surface area contributed by atoms with Crippen molar-refractivity contribution >= 4 is 17.6 Å². The monoisotopic (exact) mass is 439 g/mol. The van der Waals surface area contributed by atoms with Gasteiger partial charge in [-0.05, 0) is 37.3 Å². The second kappa shape index (κ2) is 12.0. The van der Waals surface area contributed by atoms with Gasteiger partial charge in [-0.1, -0.05) is 18.2 Å². The highest BCUT2D eigenvalue weighted by molar-refractivity contribution is 5.94. The number of hydrogen-bond acceptors (Lipinski definition) is 5. The third-order valence-electron chi connectivity index (χ3n) is 5.32. The van der Waals surface area contributed by atoms with Crippen LogP contribution in [0.5, 0.6) is 11.5 Å². The molecule has 0 spiro atoms. The maximum atomic E-state index is 12.3. The maximum absolute atomic E-state index is 12.3. The van der Waals surface area contributed by atoms with Crippen LogP contribution in [0.25, 0.3) is 0 Å². The van der Waals surface area contributed by atoms with Crippen molar-refractivity contribution in [2.24, 2.45) is 4.99 Å². The number of amides is 1. The van der Waals surface area contributed by atoms with Crippen LogP contribution in [0.3, 0.4) is 0 Å². The molecule has 1 fully saturated rings. The molecular weight excluding hydrogens is 406 g/mol. The van der Waals surface area contributed by atoms with E-state index < -0.39 is 0 Å². The standard InChI is InChI=1S/C24H33N5O3/c1-4-25-24(26-17-23(30)27-20-8-6-5-7-9-20)29-14-12-28(13-15-29)18-19-16-21(31-2)10-11-22(19)32-3/h5-11,16H,4,12-15,17-18H2,1-3H3,(H,25,26)(H,27,30). The van der Waals surface area contributed by atoms with Crippen molar-refractivity contribution in [3.8, 4) is 11.5 Å². The zero-order valence-corrected chi connectivity index (χ0v) is 19.1. The molecule has 2 aromatic rings. The molecule has 1 amide bonds. The van der Waals surface area contributed by atoms with Gasteiger partial charge in [0.2, 0.25) is 5.91 Å². The molecule has 0 aromatic heterocycles. The van der Waals surface area contributed by atoms with Crippen LogP contribution in [-0.2, 0) is 11.3 Å². The van der Waals surface area contributed by atoms with Gasteiger partial charge in [-0.15, -0.1) is 0 Å². The van der Waals surface area contributed by atoms with E-state index in [1.165, 1.54) is 0 Å². The number of ether oxygens (including phenoxy) is 2. The summed E-state index contributed by atoms with van der Waals surface area (Å²) in [5.41, 5.74) is 1.89. The van der Waals surface area contributed by atoms with Crippen LogP contribution in [0.1, 0.15) is 12.5 Å². The van der Waals surface area contributed by atoms with Crippen molar-refractivity contribution in [3.63, 3.8) is 0 Å². The number of guanidine groups is 1. The van der Waals surface area contributed by atoms with Crippen LogP contribution >= 0.6 is 0 Å². The summed E-state index contributed by atoms with van der Waals surface area (Å²) in [6.45, 7) is 7.10. The first kappa shape index (κ1) is 23.4. The number of anilines is 1. The van der Waals surface area contributed by atoms with E-state index in [9.17, 15) is 4.79 Å². The number of nitrogens with zero attached hydrogens (tertiary/aromatic N) is 3. The molecule has 0 atom stereocenters. The molecule has 3 rings (SSSR count). The van der Waals surface area contributed by atoms with Gasteiger partial charge in [0.05, 0.1) is 14.2 Å². The van der Waals surface area contributed by atoms with Crippen molar-refractivity contribution in [3.05, 3.63) is 54.1 Å². The molecule has 32 heavy (non-hydrogen) atoms. The summed E-state index contributed by atoms with van der Waals surface area (Å²) in [5.74, 6) is 2.34. The molecule has 0 unspecified atom stereocenters. The number of piperazine rings is 1. The molecule has 0 saturated carbocycles. The fourth-order valence-corrected chi connectivity index (χ4v) is 3.66. The van der Waals surface area contributed by atoms with Crippen LogP contribution < -0.4 is 20.1 Å². The minimum absolute atomic E-state index is 0.0818. The highest BCUT2D eigenvalue weighted by atomic mass is 16.5. The van der Waals surface area contributed by atoms with Crippen LogP contribution in [0.4, 0.5) is 5.69 Å². The normalized spacial score (nSPS) is 14.7. The van der Waals surface area contributed by atoms with Crippen molar-refractivity contribution in [1.29, 1.82) is 0 Å². The Hall–Kier alpha value is -3.26. The number of carbonyl (C=O) groups is 1. The van der Waals surface area contributed by atoms with Gasteiger partial charge in [-0.2, -0.15) is 0 Å². The highest BCUT2D eigenvalue weighted by Crippen LogP contribution is 2.25. The fraction of sp³-hybridized carbons (Fsp3) is 0.417. The summed E-state index contributed by atoms with van der Waals surface area (Å²) in [7, 11) is 3.36. The summed E-state index contributed by atoms with van der Waals surface area (Å²) in [6, 6.07) is 15.3. The molecular formula is C24H33N5O3. The predicted molar refractivity (Wildman–Crippen MR) is 127 cm³/mol. The molecule has 8 heteroatoms. The van der Waals surface area contributed by atoms with Gasteiger partial charge in [0, 0.05) is 50.5 Å². The quantitative estimate of drug-likeness (QED) is 0.486. The zero-order valence-electron chi connectivity index (χ0n) is 19.1. The van der Waals surface area contributed by atoms with Crippen LogP contribution in [0, 0.1) is 0 Å². The lowest BCUT2D eigenvalue weighted by molar-refractivity contribution is -0.114. The van der Waals surface area contributed by atoms with Crippen molar-refractivity contribution in [2.45, 2.75) is 13.5 Å². The van der Waals surface area contributed by atoms with E-state index in [0.717, 1.165) is 68.0 Å². The lowest BCUT2D eigenvalue weighted by atomic mass is 10.1. The first-order valence-corrected chi connectivity index (χ1v) is 10.9. The van der Waals surface area contributed by atoms with Gasteiger partial charge in [0.15, 0.2) is 5.96 Å². The molecule has 0 aliphatic carbocycles. The maximum Gasteiger partial charge on any atom is 0.246 e. The Bertz CT molecular complexity index is 896. The number of para-hydroxylation sites is 1. The van der Waals surface area contributed by atoms with E-state index >= 15 is 0 Å². The van der Waals surface area contributed by atoms with Gasteiger partial charge >= 0.3 is 0 Å². The summed E-state index contributed by atoms with van der Waals surface area (Å²) >= 11 is 0. The average molecular weight is 440 g/mol. The second-order valence-corrected chi connectivity index (χ2v) is 7.53. The van der Waals surface area contributed by atoms with Crippen molar-refractivity contribution in [1.82, 2.24) is 15.1 Å². The van der Waals surface area contributed by atoms with Gasteiger partial charge in [-0.3, -0.25) is 9.69 Å². The Labute approximate surface area is 190 Å². The van der Waals surface area contributed by atoms with E-state index in [2.05, 4.69) is 25.4 Å². The molecule has 1 aliphatic rings. The van der Waals surface area contributed by atoms with Gasteiger partial charge in [0.1, 0.15) is 18.0 Å². The van der Waals surface area contributed by atoms with E-state index in [-0.39, 0.29) is 12.5 Å². The smallest absolute Gasteiger partial charge is 0.246 e. The summed E-state index contributed by atoms with van der Waals surface area (Å²) in [4.78, 5) is 21.4. The Morgan fingerprint density at radius 2 is 1.78 bits per heavy atom. The second-order valence-electron chi connectivity index (χ2n) is 7.53. The molecule has 8 nitrogen and oxygen atoms in total. The lowest BCUT2D eigenvalue weighted by Crippen LogP contribution is -2.52. The Kier molecular flexibility index (Phi) is 8.74. The molecule has 1 heterocycles. The summed E-state index contributed by atoms with van der Waals surface area (Å²) in [6.07, 6.45) is 0. The van der Waals surface area contributed by atoms with E-state index in [1.807, 2.05) is 55.5 Å². The first-order chi connectivity index (χ1) is 15.6. The Morgan fingerprint density at radius 3 is 2.44 bits per heavy atom. The Balaban J connectivity index is 1.55. The summed E-state index contributed by atoms with van der Waals surface area (Å²) < 4.78 is 10.9. The largest absolute Gasteiger partial charge is 0.497 e. The summed E-state index contributed by atoms with van der Waals surface area (Å²) in [5, 5.41) is 6.18. The van der Waals surface area contributed by atoms with Gasteiger partial charge < -0.3 is 25.0 Å². The zero-order chi connectivity index (χ0) is 22.8. The van der Waals surface area contributed by atoms with E-state index in [4.69, 9.17) is 9.47 Å². The van der Waals surface area contributed by atoms with E-state index in [0.29, 0.717) is 0 Å². The number of nitrogens with one attached hydrogen (secondary N) is 2. The topological polar surface area (TPSA) is 78.4 Å². The van der Waals surface area contributed by atoms with Gasteiger partial charge in [0.25, 0.3) is 0 Å². The highest BCUT2D eigenvalue weighted by Gasteiger charge is 2.21. The van der Waals surface area contributed by atoms with Crippen LogP contribution in [-0.4, -0.2) is 75.2 Å². The number of benzene rings is 2. The third-order valence-corrected chi connectivity index (χ3v) is 5.32.